The van der Waals surface area contributed by atoms with Crippen LogP contribution in [-0.2, 0) is 5.41 Å². The third kappa shape index (κ3) is 4.16. The van der Waals surface area contributed by atoms with Crippen molar-refractivity contribution in [3.63, 3.8) is 0 Å². The highest BCUT2D eigenvalue weighted by Gasteiger charge is 2.23. The van der Waals surface area contributed by atoms with Crippen molar-refractivity contribution < 1.29 is 0 Å². The number of piperidine rings is 1. The van der Waals surface area contributed by atoms with Crippen molar-refractivity contribution in [1.82, 2.24) is 14.7 Å². The molecular weight excluding hydrogens is 268 g/mol. The Hall–Kier alpha value is -0.680. The van der Waals surface area contributed by atoms with Gasteiger partial charge in [-0.15, -0.1) is 0 Å². The molecule has 0 spiro atoms. The van der Waals surface area contributed by atoms with Gasteiger partial charge in [0, 0.05) is 30.0 Å². The molecule has 1 fully saturated rings. The van der Waals surface area contributed by atoms with Gasteiger partial charge in [-0.1, -0.05) is 27.7 Å². The molecule has 0 amide bonds. The molecule has 0 bridgehead atoms. The lowest BCUT2D eigenvalue weighted by Crippen LogP contribution is -2.38. The van der Waals surface area contributed by atoms with Gasteiger partial charge >= 0.3 is 0 Å². The molecule has 1 aromatic rings. The van der Waals surface area contributed by atoms with Crippen molar-refractivity contribution in [1.29, 1.82) is 0 Å². The molecule has 0 saturated carbocycles. The molecule has 0 aliphatic carbocycles. The summed E-state index contributed by atoms with van der Waals surface area (Å²) in [6.45, 7) is 13.3. The Bertz CT molecular complexity index is 404. The smallest absolute Gasteiger partial charge is 0.205 e. The van der Waals surface area contributed by atoms with E-state index in [2.05, 4.69) is 42.3 Å². The summed E-state index contributed by atoms with van der Waals surface area (Å²) >= 11 is 1.56. The van der Waals surface area contributed by atoms with Gasteiger partial charge in [0.15, 0.2) is 0 Å². The lowest BCUT2D eigenvalue weighted by Gasteiger charge is -2.29. The van der Waals surface area contributed by atoms with Gasteiger partial charge in [0.2, 0.25) is 5.13 Å². The summed E-state index contributed by atoms with van der Waals surface area (Å²) in [7, 11) is 0. The van der Waals surface area contributed by atoms with E-state index in [9.17, 15) is 0 Å². The van der Waals surface area contributed by atoms with Crippen LogP contribution in [0.5, 0.6) is 0 Å². The average Bonchev–Trinajstić information content (AvgIpc) is 2.89. The van der Waals surface area contributed by atoms with E-state index in [1.807, 2.05) is 0 Å². The zero-order valence-corrected chi connectivity index (χ0v) is 14.1. The van der Waals surface area contributed by atoms with Gasteiger partial charge in [-0.3, -0.25) is 0 Å². The summed E-state index contributed by atoms with van der Waals surface area (Å²) in [5.74, 6) is 1.72. The molecule has 0 radical (unpaired) electrons. The summed E-state index contributed by atoms with van der Waals surface area (Å²) in [5.41, 5.74) is 0.0407. The van der Waals surface area contributed by atoms with E-state index in [4.69, 9.17) is 4.98 Å². The van der Waals surface area contributed by atoms with Crippen molar-refractivity contribution in [3.8, 4) is 0 Å². The van der Waals surface area contributed by atoms with Crippen LogP contribution in [0.15, 0.2) is 0 Å². The van der Waals surface area contributed by atoms with E-state index >= 15 is 0 Å². The van der Waals surface area contributed by atoms with Crippen LogP contribution in [0.3, 0.4) is 0 Å². The number of rotatable bonds is 5. The summed E-state index contributed by atoms with van der Waals surface area (Å²) in [5, 5.41) is 4.60. The van der Waals surface area contributed by atoms with Crippen molar-refractivity contribution in [3.05, 3.63) is 5.82 Å². The minimum absolute atomic E-state index is 0.0407. The minimum Gasteiger partial charge on any atom is -0.347 e. The highest BCUT2D eigenvalue weighted by Crippen LogP contribution is 2.26. The van der Waals surface area contributed by atoms with Crippen LogP contribution in [-0.4, -0.2) is 35.5 Å². The van der Waals surface area contributed by atoms with Crippen LogP contribution in [0.2, 0.25) is 0 Å². The SMILES string of the molecule is CCCN(CC1CCCNC1)c1nc(C(C)(C)C)ns1. The molecule has 2 rings (SSSR count). The Labute approximate surface area is 127 Å². The number of anilines is 1. The van der Waals surface area contributed by atoms with E-state index < -0.39 is 0 Å². The summed E-state index contributed by atoms with van der Waals surface area (Å²) < 4.78 is 4.56. The Kier molecular flexibility index (Phi) is 5.38. The van der Waals surface area contributed by atoms with Crippen molar-refractivity contribution >= 4 is 16.7 Å². The topological polar surface area (TPSA) is 41.0 Å². The number of aromatic nitrogens is 2. The Morgan fingerprint density at radius 1 is 1.40 bits per heavy atom. The van der Waals surface area contributed by atoms with Crippen LogP contribution < -0.4 is 10.2 Å². The summed E-state index contributed by atoms with van der Waals surface area (Å²) in [4.78, 5) is 7.21. The van der Waals surface area contributed by atoms with Gasteiger partial charge in [0.05, 0.1) is 0 Å². The molecule has 5 heteroatoms. The van der Waals surface area contributed by atoms with Crippen molar-refractivity contribution in [2.45, 2.75) is 52.4 Å². The maximum Gasteiger partial charge on any atom is 0.205 e. The van der Waals surface area contributed by atoms with Crippen molar-refractivity contribution in [2.24, 2.45) is 5.92 Å². The third-order valence-corrected chi connectivity index (χ3v) is 4.50. The normalized spacial score (nSPS) is 20.1. The molecule has 1 aromatic heterocycles. The summed E-state index contributed by atoms with van der Waals surface area (Å²) in [6.07, 6.45) is 3.79. The fourth-order valence-corrected chi connectivity index (χ4v) is 3.47. The lowest BCUT2D eigenvalue weighted by atomic mass is 9.96. The second-order valence-corrected chi connectivity index (χ2v) is 7.54. The number of hydrogen-bond donors (Lipinski definition) is 1. The highest BCUT2D eigenvalue weighted by atomic mass is 32.1. The zero-order chi connectivity index (χ0) is 14.6. The zero-order valence-electron chi connectivity index (χ0n) is 13.3. The van der Waals surface area contributed by atoms with Crippen LogP contribution in [0.1, 0.15) is 52.8 Å². The van der Waals surface area contributed by atoms with Gasteiger partial charge < -0.3 is 10.2 Å². The van der Waals surface area contributed by atoms with Crippen LogP contribution in [0, 0.1) is 5.92 Å². The largest absolute Gasteiger partial charge is 0.347 e. The van der Waals surface area contributed by atoms with Crippen LogP contribution in [0.4, 0.5) is 5.13 Å². The van der Waals surface area contributed by atoms with Crippen molar-refractivity contribution in [2.75, 3.05) is 31.1 Å². The first kappa shape index (κ1) is 15.7. The van der Waals surface area contributed by atoms with E-state index in [0.717, 1.165) is 42.9 Å². The molecule has 1 N–H and O–H groups in total. The van der Waals surface area contributed by atoms with Gasteiger partial charge in [0.25, 0.3) is 0 Å². The Morgan fingerprint density at radius 3 is 2.75 bits per heavy atom. The van der Waals surface area contributed by atoms with Crippen LogP contribution in [0.25, 0.3) is 0 Å². The van der Waals surface area contributed by atoms with E-state index in [-0.39, 0.29) is 5.41 Å². The second-order valence-electron chi connectivity index (χ2n) is 6.81. The first-order valence-electron chi connectivity index (χ1n) is 7.80. The predicted octanol–water partition coefficient (Wildman–Crippen LogP) is 3.05. The highest BCUT2D eigenvalue weighted by molar-refractivity contribution is 7.09. The molecular formula is C15H28N4S. The molecule has 4 nitrogen and oxygen atoms in total. The third-order valence-electron chi connectivity index (χ3n) is 3.73. The number of hydrogen-bond acceptors (Lipinski definition) is 5. The minimum atomic E-state index is 0.0407. The first-order chi connectivity index (χ1) is 9.50. The maximum absolute atomic E-state index is 4.78. The lowest BCUT2D eigenvalue weighted by molar-refractivity contribution is 0.376. The molecule has 0 aromatic carbocycles. The molecule has 1 atom stereocenters. The molecule has 1 aliphatic heterocycles. The molecule has 1 aliphatic rings. The molecule has 114 valence electrons. The second kappa shape index (κ2) is 6.85. The molecule has 1 saturated heterocycles. The van der Waals surface area contributed by atoms with Gasteiger partial charge in [-0.05, 0) is 38.3 Å². The van der Waals surface area contributed by atoms with Gasteiger partial charge in [-0.25, -0.2) is 4.98 Å². The fourth-order valence-electron chi connectivity index (χ4n) is 2.57. The molecule has 20 heavy (non-hydrogen) atoms. The average molecular weight is 296 g/mol. The Morgan fingerprint density at radius 2 is 2.20 bits per heavy atom. The number of nitrogens with zero attached hydrogens (tertiary/aromatic N) is 3. The monoisotopic (exact) mass is 296 g/mol. The molecule has 2 heterocycles. The summed E-state index contributed by atoms with van der Waals surface area (Å²) in [6, 6.07) is 0. The molecule has 1 unspecified atom stereocenters. The quantitative estimate of drug-likeness (QED) is 0.906. The Balaban J connectivity index is 2.05. The fraction of sp³-hybridized carbons (Fsp3) is 0.867. The van der Waals surface area contributed by atoms with E-state index in [0.29, 0.717) is 0 Å². The van der Waals surface area contributed by atoms with E-state index in [1.54, 1.807) is 11.5 Å². The standard InChI is InChI=1S/C15H28N4S/c1-5-9-19(11-12-7-6-8-16-10-12)14-17-13(18-20-14)15(2,3)4/h12,16H,5-11H2,1-4H3. The van der Waals surface area contributed by atoms with Crippen LogP contribution >= 0.6 is 11.5 Å². The van der Waals surface area contributed by atoms with Gasteiger partial charge in [0.1, 0.15) is 5.82 Å². The maximum atomic E-state index is 4.78. The first-order valence-corrected chi connectivity index (χ1v) is 8.58. The number of nitrogens with one attached hydrogen (secondary N) is 1. The van der Waals surface area contributed by atoms with E-state index in [1.165, 1.54) is 19.4 Å². The predicted molar refractivity (Wildman–Crippen MR) is 86.7 cm³/mol. The van der Waals surface area contributed by atoms with Gasteiger partial charge in [-0.2, -0.15) is 4.37 Å².